The molecular weight excluding hydrogens is 398 g/mol. The van der Waals surface area contributed by atoms with Crippen LogP contribution in [0.4, 0.5) is 25.8 Å². The first-order valence-electron chi connectivity index (χ1n) is 10.5. The number of fused-ring (bicyclic) bond motifs is 2. The fourth-order valence-corrected chi connectivity index (χ4v) is 4.81. The van der Waals surface area contributed by atoms with Crippen LogP contribution in [0.25, 0.3) is 11.1 Å². The Bertz CT molecular complexity index is 1190. The number of benzene rings is 2. The van der Waals surface area contributed by atoms with Gasteiger partial charge < -0.3 is 9.80 Å². The minimum Gasteiger partial charge on any atom is -0.341 e. The Balaban J connectivity index is 1.61. The highest BCUT2D eigenvalue weighted by atomic mass is 19.3. The van der Waals surface area contributed by atoms with Crippen LogP contribution in [0, 0.1) is 0 Å². The minimum absolute atomic E-state index is 0.0146. The molecule has 0 fully saturated rings. The number of carbonyl (C=O) groups is 1. The Kier molecular flexibility index (Phi) is 4.57. The van der Waals surface area contributed by atoms with E-state index in [9.17, 15) is 13.6 Å². The molecule has 0 bridgehead atoms. The van der Waals surface area contributed by atoms with Gasteiger partial charge in [0.05, 0.1) is 12.1 Å². The van der Waals surface area contributed by atoms with E-state index in [2.05, 4.69) is 10.00 Å². The summed E-state index contributed by atoms with van der Waals surface area (Å²) in [5.41, 5.74) is 5.93. The number of likely N-dealkylation sites (N-methyl/N-ethyl adjacent to an activating group) is 1. The zero-order valence-corrected chi connectivity index (χ0v) is 17.8. The number of hydrogen-bond acceptors (Lipinski definition) is 3. The lowest BCUT2D eigenvalue weighted by Crippen LogP contribution is -2.25. The number of amides is 1. The summed E-state index contributed by atoms with van der Waals surface area (Å²) < 4.78 is 29.7. The molecule has 1 atom stereocenters. The number of aromatic nitrogens is 2. The van der Waals surface area contributed by atoms with Gasteiger partial charge in [-0.1, -0.05) is 6.07 Å². The summed E-state index contributed by atoms with van der Waals surface area (Å²) in [4.78, 5) is 16.1. The first kappa shape index (κ1) is 19.7. The molecule has 2 aliphatic heterocycles. The van der Waals surface area contributed by atoms with Gasteiger partial charge in [0.15, 0.2) is 0 Å². The molecule has 5 rings (SSSR count). The molecule has 160 valence electrons. The van der Waals surface area contributed by atoms with E-state index in [0.29, 0.717) is 11.1 Å². The van der Waals surface area contributed by atoms with Crippen LogP contribution < -0.4 is 9.80 Å². The monoisotopic (exact) mass is 422 g/mol. The van der Waals surface area contributed by atoms with E-state index in [1.165, 1.54) is 0 Å². The van der Waals surface area contributed by atoms with Crippen molar-refractivity contribution in [2.75, 3.05) is 23.4 Å². The minimum atomic E-state index is -2.59. The number of rotatable bonds is 3. The lowest BCUT2D eigenvalue weighted by atomic mass is 9.92. The lowest BCUT2D eigenvalue weighted by Gasteiger charge is -2.33. The van der Waals surface area contributed by atoms with E-state index in [1.807, 2.05) is 31.2 Å². The van der Waals surface area contributed by atoms with Crippen LogP contribution in [0.5, 0.6) is 0 Å². The summed E-state index contributed by atoms with van der Waals surface area (Å²) in [6, 6.07) is 9.51. The summed E-state index contributed by atoms with van der Waals surface area (Å²) >= 11 is 0. The van der Waals surface area contributed by atoms with E-state index < -0.39 is 6.43 Å². The predicted octanol–water partition coefficient (Wildman–Crippen LogP) is 5.19. The van der Waals surface area contributed by atoms with Crippen LogP contribution in [-0.2, 0) is 18.3 Å². The molecule has 7 heteroatoms. The van der Waals surface area contributed by atoms with Crippen LogP contribution in [0.2, 0.25) is 0 Å². The molecule has 0 N–H and O–H groups in total. The standard InChI is InChI=1S/C24H24F2N4O/c1-14-18-7-6-17(10-22(18)29(3)24(14)31)30-8-4-5-15-9-19(16-12-27-28(2)13-16)20(23(25)26)11-21(15)30/h6-7,9-14,23H,4-5,8H2,1-3H3/t14-/m1/s1. The van der Waals surface area contributed by atoms with Crippen molar-refractivity contribution in [3.05, 3.63) is 59.4 Å². The summed E-state index contributed by atoms with van der Waals surface area (Å²) in [5.74, 6) is -0.0811. The average Bonchev–Trinajstić information content (AvgIpc) is 3.29. The number of carbonyl (C=O) groups excluding carboxylic acids is 1. The molecule has 31 heavy (non-hydrogen) atoms. The number of nitrogens with zero attached hydrogens (tertiary/aromatic N) is 4. The molecule has 3 aromatic rings. The fraction of sp³-hybridized carbons (Fsp3) is 0.333. The normalized spacial score (nSPS) is 18.0. The SMILES string of the molecule is C[C@H]1C(=O)N(C)c2cc(N3CCCc4cc(-c5cnn(C)c5)c(C(F)F)cc43)ccc21. The van der Waals surface area contributed by atoms with Crippen molar-refractivity contribution in [3.63, 3.8) is 0 Å². The average molecular weight is 422 g/mol. The van der Waals surface area contributed by atoms with Gasteiger partial charge in [-0.3, -0.25) is 9.48 Å². The first-order valence-corrected chi connectivity index (χ1v) is 10.5. The lowest BCUT2D eigenvalue weighted by molar-refractivity contribution is -0.118. The molecule has 2 aliphatic rings. The Morgan fingerprint density at radius 1 is 1.13 bits per heavy atom. The van der Waals surface area contributed by atoms with E-state index in [0.717, 1.165) is 47.6 Å². The topological polar surface area (TPSA) is 41.4 Å². The van der Waals surface area contributed by atoms with Crippen LogP contribution in [0.3, 0.4) is 0 Å². The molecule has 3 heterocycles. The molecule has 0 spiro atoms. The van der Waals surface area contributed by atoms with Gasteiger partial charge in [0, 0.05) is 55.0 Å². The van der Waals surface area contributed by atoms with Crippen molar-refractivity contribution in [2.45, 2.75) is 32.1 Å². The second kappa shape index (κ2) is 7.18. The van der Waals surface area contributed by atoms with Gasteiger partial charge >= 0.3 is 0 Å². The molecule has 1 aromatic heterocycles. The Hall–Kier alpha value is -3.22. The molecular formula is C24H24F2N4O. The van der Waals surface area contributed by atoms with Crippen molar-refractivity contribution >= 4 is 23.0 Å². The van der Waals surface area contributed by atoms with E-state index >= 15 is 0 Å². The van der Waals surface area contributed by atoms with Gasteiger partial charge in [0.2, 0.25) is 5.91 Å². The highest BCUT2D eigenvalue weighted by Crippen LogP contribution is 2.44. The van der Waals surface area contributed by atoms with Crippen LogP contribution >= 0.6 is 0 Å². The number of halogens is 2. The maximum atomic E-state index is 14.0. The third kappa shape index (κ3) is 3.10. The number of aryl methyl sites for hydroxylation is 2. The van der Waals surface area contributed by atoms with E-state index in [-0.39, 0.29) is 17.4 Å². The molecule has 0 saturated carbocycles. The van der Waals surface area contributed by atoms with Crippen molar-refractivity contribution in [3.8, 4) is 11.1 Å². The first-order chi connectivity index (χ1) is 14.8. The summed E-state index contributed by atoms with van der Waals surface area (Å²) in [6.45, 7) is 2.66. The quantitative estimate of drug-likeness (QED) is 0.583. The van der Waals surface area contributed by atoms with E-state index in [1.54, 1.807) is 42.1 Å². The molecule has 1 amide bonds. The summed E-state index contributed by atoms with van der Waals surface area (Å²) in [6.07, 6.45) is 2.57. The second-order valence-corrected chi connectivity index (χ2v) is 8.39. The molecule has 0 radical (unpaired) electrons. The van der Waals surface area contributed by atoms with Gasteiger partial charge in [-0.25, -0.2) is 8.78 Å². The molecule has 2 aromatic carbocycles. The molecule has 0 unspecified atom stereocenters. The van der Waals surface area contributed by atoms with Crippen LogP contribution in [0.15, 0.2) is 42.7 Å². The summed E-state index contributed by atoms with van der Waals surface area (Å²) in [5, 5.41) is 4.15. The number of anilines is 3. The fourth-order valence-electron chi connectivity index (χ4n) is 4.81. The third-order valence-electron chi connectivity index (χ3n) is 6.47. The molecule has 0 aliphatic carbocycles. The predicted molar refractivity (Wildman–Crippen MR) is 117 cm³/mol. The highest BCUT2D eigenvalue weighted by Gasteiger charge is 2.33. The Labute approximate surface area is 179 Å². The second-order valence-electron chi connectivity index (χ2n) is 8.39. The zero-order valence-electron chi connectivity index (χ0n) is 17.8. The summed E-state index contributed by atoms with van der Waals surface area (Å²) in [7, 11) is 3.57. The van der Waals surface area contributed by atoms with Gasteiger partial charge in [-0.2, -0.15) is 5.10 Å². The van der Waals surface area contributed by atoms with Crippen molar-refractivity contribution in [1.82, 2.24) is 9.78 Å². The Morgan fingerprint density at radius 3 is 2.65 bits per heavy atom. The number of hydrogen-bond donors (Lipinski definition) is 0. The van der Waals surface area contributed by atoms with Gasteiger partial charge in [-0.05, 0) is 60.7 Å². The maximum absolute atomic E-state index is 14.0. The van der Waals surface area contributed by atoms with E-state index in [4.69, 9.17) is 0 Å². The van der Waals surface area contributed by atoms with Crippen LogP contribution in [-0.4, -0.2) is 29.3 Å². The van der Waals surface area contributed by atoms with Crippen molar-refractivity contribution in [2.24, 2.45) is 7.05 Å². The van der Waals surface area contributed by atoms with Gasteiger partial charge in [0.25, 0.3) is 6.43 Å². The van der Waals surface area contributed by atoms with Gasteiger partial charge in [0.1, 0.15) is 0 Å². The molecule has 0 saturated heterocycles. The van der Waals surface area contributed by atoms with Crippen molar-refractivity contribution in [1.29, 1.82) is 0 Å². The van der Waals surface area contributed by atoms with Crippen molar-refractivity contribution < 1.29 is 13.6 Å². The van der Waals surface area contributed by atoms with Gasteiger partial charge in [-0.15, -0.1) is 0 Å². The highest BCUT2D eigenvalue weighted by molar-refractivity contribution is 6.05. The largest absolute Gasteiger partial charge is 0.341 e. The third-order valence-corrected chi connectivity index (χ3v) is 6.47. The maximum Gasteiger partial charge on any atom is 0.264 e. The number of alkyl halides is 2. The smallest absolute Gasteiger partial charge is 0.264 e. The van der Waals surface area contributed by atoms with Crippen LogP contribution in [0.1, 0.15) is 42.4 Å². The molecule has 5 nitrogen and oxygen atoms in total. The Morgan fingerprint density at radius 2 is 1.94 bits per heavy atom. The zero-order chi connectivity index (χ0) is 21.9.